The van der Waals surface area contributed by atoms with Crippen LogP contribution in [0.4, 0.5) is 0 Å². The van der Waals surface area contributed by atoms with Crippen LogP contribution in [0.1, 0.15) is 26.2 Å². The quantitative estimate of drug-likeness (QED) is 0.710. The zero-order valence-corrected chi connectivity index (χ0v) is 11.2. The van der Waals surface area contributed by atoms with Gasteiger partial charge in [0.15, 0.2) is 0 Å². The smallest absolute Gasteiger partial charge is 0.221 e. The predicted octanol–water partition coefficient (Wildman–Crippen LogP) is -0.0493. The SMILES string of the molecule is CC(N)CC(=O)NCC1(N(C)C)CCOCC1. The molecule has 0 aromatic rings. The fourth-order valence-electron chi connectivity index (χ4n) is 2.16. The molecule has 1 saturated heterocycles. The molecule has 1 amide bonds. The Balaban J connectivity index is 2.47. The van der Waals surface area contributed by atoms with Gasteiger partial charge in [0.1, 0.15) is 0 Å². The highest BCUT2D eigenvalue weighted by atomic mass is 16.5. The third kappa shape index (κ3) is 4.26. The van der Waals surface area contributed by atoms with Crippen molar-refractivity contribution in [3.63, 3.8) is 0 Å². The number of likely N-dealkylation sites (N-methyl/N-ethyl adjacent to an activating group) is 1. The van der Waals surface area contributed by atoms with E-state index in [0.29, 0.717) is 13.0 Å². The van der Waals surface area contributed by atoms with E-state index in [-0.39, 0.29) is 17.5 Å². The zero-order chi connectivity index (χ0) is 12.9. The van der Waals surface area contributed by atoms with Crippen molar-refractivity contribution < 1.29 is 9.53 Å². The van der Waals surface area contributed by atoms with E-state index in [1.54, 1.807) is 0 Å². The fraction of sp³-hybridized carbons (Fsp3) is 0.917. The molecule has 5 heteroatoms. The van der Waals surface area contributed by atoms with E-state index in [1.807, 2.05) is 6.92 Å². The molecule has 5 nitrogen and oxygen atoms in total. The normalized spacial score (nSPS) is 21.2. The van der Waals surface area contributed by atoms with Gasteiger partial charge in [0, 0.05) is 37.8 Å². The van der Waals surface area contributed by atoms with Crippen molar-refractivity contribution in [2.75, 3.05) is 33.9 Å². The Hall–Kier alpha value is -0.650. The van der Waals surface area contributed by atoms with Crippen molar-refractivity contribution >= 4 is 5.91 Å². The van der Waals surface area contributed by atoms with Gasteiger partial charge in [0.25, 0.3) is 0 Å². The highest BCUT2D eigenvalue weighted by Crippen LogP contribution is 2.24. The van der Waals surface area contributed by atoms with Crippen LogP contribution in [0.15, 0.2) is 0 Å². The molecule has 1 rings (SSSR count). The van der Waals surface area contributed by atoms with Crippen molar-refractivity contribution in [1.29, 1.82) is 0 Å². The van der Waals surface area contributed by atoms with Gasteiger partial charge in [-0.05, 0) is 33.9 Å². The van der Waals surface area contributed by atoms with Gasteiger partial charge in [0.05, 0.1) is 0 Å². The summed E-state index contributed by atoms with van der Waals surface area (Å²) >= 11 is 0. The number of nitrogens with zero attached hydrogens (tertiary/aromatic N) is 1. The van der Waals surface area contributed by atoms with Gasteiger partial charge < -0.3 is 20.7 Å². The lowest BCUT2D eigenvalue weighted by Crippen LogP contribution is -2.55. The highest BCUT2D eigenvalue weighted by molar-refractivity contribution is 5.76. The molecule has 1 unspecified atom stereocenters. The molecule has 0 aromatic carbocycles. The summed E-state index contributed by atoms with van der Waals surface area (Å²) in [7, 11) is 4.12. The maximum Gasteiger partial charge on any atom is 0.221 e. The van der Waals surface area contributed by atoms with Crippen molar-refractivity contribution in [2.24, 2.45) is 5.73 Å². The topological polar surface area (TPSA) is 67.6 Å². The standard InChI is InChI=1S/C12H25N3O2/c1-10(13)8-11(16)14-9-12(15(2)3)4-6-17-7-5-12/h10H,4-9,13H2,1-3H3,(H,14,16). The van der Waals surface area contributed by atoms with E-state index < -0.39 is 0 Å². The fourth-order valence-corrected chi connectivity index (χ4v) is 2.16. The van der Waals surface area contributed by atoms with Gasteiger partial charge in [-0.15, -0.1) is 0 Å². The molecule has 0 bridgehead atoms. The van der Waals surface area contributed by atoms with Crippen LogP contribution in [0.25, 0.3) is 0 Å². The number of ether oxygens (including phenoxy) is 1. The van der Waals surface area contributed by atoms with Gasteiger partial charge in [-0.2, -0.15) is 0 Å². The molecule has 1 heterocycles. The average Bonchev–Trinajstić information content (AvgIpc) is 2.26. The number of amides is 1. The molecule has 0 radical (unpaired) electrons. The number of rotatable bonds is 5. The first-order chi connectivity index (χ1) is 7.96. The summed E-state index contributed by atoms with van der Waals surface area (Å²) in [5.74, 6) is 0.0349. The maximum atomic E-state index is 11.6. The van der Waals surface area contributed by atoms with Crippen molar-refractivity contribution in [3.05, 3.63) is 0 Å². The van der Waals surface area contributed by atoms with E-state index in [9.17, 15) is 4.79 Å². The first-order valence-electron chi connectivity index (χ1n) is 6.24. The van der Waals surface area contributed by atoms with Gasteiger partial charge in [-0.3, -0.25) is 4.79 Å². The van der Waals surface area contributed by atoms with E-state index in [1.165, 1.54) is 0 Å². The molecule has 0 saturated carbocycles. The first-order valence-corrected chi connectivity index (χ1v) is 6.24. The lowest BCUT2D eigenvalue weighted by molar-refractivity contribution is -0.122. The van der Waals surface area contributed by atoms with E-state index >= 15 is 0 Å². The summed E-state index contributed by atoms with van der Waals surface area (Å²) in [5, 5.41) is 2.99. The van der Waals surface area contributed by atoms with Gasteiger partial charge in [0.2, 0.25) is 5.91 Å². The lowest BCUT2D eigenvalue weighted by atomic mass is 9.88. The van der Waals surface area contributed by atoms with Crippen LogP contribution in [0.2, 0.25) is 0 Å². The van der Waals surface area contributed by atoms with Gasteiger partial charge in [-0.1, -0.05) is 0 Å². The minimum absolute atomic E-state index is 0.0335. The van der Waals surface area contributed by atoms with Gasteiger partial charge >= 0.3 is 0 Å². The largest absolute Gasteiger partial charge is 0.381 e. The Morgan fingerprint density at radius 3 is 2.53 bits per heavy atom. The Morgan fingerprint density at radius 2 is 2.06 bits per heavy atom. The maximum absolute atomic E-state index is 11.6. The van der Waals surface area contributed by atoms with Crippen LogP contribution >= 0.6 is 0 Å². The summed E-state index contributed by atoms with van der Waals surface area (Å²) in [4.78, 5) is 13.8. The Kier molecular flexibility index (Phi) is 5.36. The molecule has 1 aliphatic heterocycles. The van der Waals surface area contributed by atoms with Crippen LogP contribution < -0.4 is 11.1 Å². The summed E-state index contributed by atoms with van der Waals surface area (Å²) in [6.45, 7) is 4.05. The molecule has 1 fully saturated rings. The molecule has 0 aromatic heterocycles. The molecule has 3 N–H and O–H groups in total. The lowest BCUT2D eigenvalue weighted by Gasteiger charge is -2.42. The van der Waals surface area contributed by atoms with E-state index in [4.69, 9.17) is 10.5 Å². The second kappa shape index (κ2) is 6.33. The molecule has 17 heavy (non-hydrogen) atoms. The van der Waals surface area contributed by atoms with E-state index in [2.05, 4.69) is 24.3 Å². The number of hydrogen-bond acceptors (Lipinski definition) is 4. The molecule has 0 aliphatic carbocycles. The van der Waals surface area contributed by atoms with Crippen molar-refractivity contribution in [1.82, 2.24) is 10.2 Å². The van der Waals surface area contributed by atoms with Crippen LogP contribution in [0.3, 0.4) is 0 Å². The minimum Gasteiger partial charge on any atom is -0.381 e. The molecule has 1 aliphatic rings. The third-order valence-electron chi connectivity index (χ3n) is 3.49. The summed E-state index contributed by atoms with van der Waals surface area (Å²) < 4.78 is 5.39. The first kappa shape index (κ1) is 14.4. The summed E-state index contributed by atoms with van der Waals surface area (Å²) in [5.41, 5.74) is 5.64. The number of nitrogens with one attached hydrogen (secondary N) is 1. The number of carbonyl (C=O) groups excluding carboxylic acids is 1. The molecule has 1 atom stereocenters. The zero-order valence-electron chi connectivity index (χ0n) is 11.2. The number of carbonyl (C=O) groups is 1. The van der Waals surface area contributed by atoms with Crippen LogP contribution in [0, 0.1) is 0 Å². The summed E-state index contributed by atoms with van der Waals surface area (Å²) in [6.07, 6.45) is 2.30. The number of hydrogen-bond donors (Lipinski definition) is 2. The van der Waals surface area contributed by atoms with Crippen molar-refractivity contribution in [3.8, 4) is 0 Å². The Labute approximate surface area is 104 Å². The second-order valence-corrected chi connectivity index (χ2v) is 5.19. The predicted molar refractivity (Wildman–Crippen MR) is 67.7 cm³/mol. The number of nitrogens with two attached hydrogens (primary N) is 1. The third-order valence-corrected chi connectivity index (χ3v) is 3.49. The van der Waals surface area contributed by atoms with Gasteiger partial charge in [-0.25, -0.2) is 0 Å². The van der Waals surface area contributed by atoms with Crippen LogP contribution in [-0.2, 0) is 9.53 Å². The molecule has 0 spiro atoms. The molecule has 100 valence electrons. The molecular formula is C12H25N3O2. The van der Waals surface area contributed by atoms with Crippen molar-refractivity contribution in [2.45, 2.75) is 37.8 Å². The van der Waals surface area contributed by atoms with E-state index in [0.717, 1.165) is 26.1 Å². The summed E-state index contributed by atoms with van der Waals surface area (Å²) in [6, 6.07) is -0.0833. The Bertz CT molecular complexity index is 248. The second-order valence-electron chi connectivity index (χ2n) is 5.19. The van der Waals surface area contributed by atoms with Crippen LogP contribution in [0.5, 0.6) is 0 Å². The monoisotopic (exact) mass is 243 g/mol. The molecular weight excluding hydrogens is 218 g/mol. The minimum atomic E-state index is -0.0833. The highest BCUT2D eigenvalue weighted by Gasteiger charge is 2.34. The average molecular weight is 243 g/mol. The Morgan fingerprint density at radius 1 is 1.47 bits per heavy atom. The van der Waals surface area contributed by atoms with Crippen LogP contribution in [-0.4, -0.2) is 56.2 Å².